The number of hydrogen-bond donors (Lipinski definition) is 1. The zero-order valence-corrected chi connectivity index (χ0v) is 18.1. The molecular formula is C20H18F3N3O3S2. The summed E-state index contributed by atoms with van der Waals surface area (Å²) in [7, 11) is 0. The number of carbonyl (C=O) groups is 1. The van der Waals surface area contributed by atoms with Crippen molar-refractivity contribution in [3.05, 3.63) is 39.6 Å². The molecule has 3 heterocycles. The number of ether oxygens (including phenoxy) is 1. The molecule has 11 heteroatoms. The van der Waals surface area contributed by atoms with Gasteiger partial charge in [0, 0.05) is 18.5 Å². The highest BCUT2D eigenvalue weighted by Gasteiger charge is 2.22. The number of likely N-dealkylation sites (tertiary alicyclic amines) is 1. The molecule has 0 atom stereocenters. The molecule has 0 saturated carbocycles. The van der Waals surface area contributed by atoms with Crippen LogP contribution in [0.2, 0.25) is 0 Å². The summed E-state index contributed by atoms with van der Waals surface area (Å²) < 4.78 is 47.0. The molecule has 0 radical (unpaired) electrons. The Labute approximate surface area is 184 Å². The van der Waals surface area contributed by atoms with Gasteiger partial charge in [-0.25, -0.2) is 18.7 Å². The Balaban J connectivity index is 1.47. The number of benzene rings is 1. The van der Waals surface area contributed by atoms with Gasteiger partial charge in [-0.3, -0.25) is 4.79 Å². The van der Waals surface area contributed by atoms with E-state index in [2.05, 4.69) is 9.97 Å². The summed E-state index contributed by atoms with van der Waals surface area (Å²) in [6, 6.07) is 0.715. The SMILES string of the molecule is Cc1nc(COCC(=O)N2CCCC2)sc1-c1csc(-c2cc(F)c(O)c(F)c2F)n1. The lowest BCUT2D eigenvalue weighted by Gasteiger charge is -2.14. The van der Waals surface area contributed by atoms with Crippen LogP contribution < -0.4 is 0 Å². The van der Waals surface area contributed by atoms with Crippen molar-refractivity contribution in [2.45, 2.75) is 26.4 Å². The van der Waals surface area contributed by atoms with Crippen LogP contribution in [0.1, 0.15) is 23.5 Å². The third kappa shape index (κ3) is 4.43. The van der Waals surface area contributed by atoms with E-state index < -0.39 is 23.2 Å². The average molecular weight is 470 g/mol. The van der Waals surface area contributed by atoms with Crippen LogP contribution in [0.25, 0.3) is 21.1 Å². The van der Waals surface area contributed by atoms with Gasteiger partial charge in [-0.05, 0) is 25.8 Å². The van der Waals surface area contributed by atoms with Crippen molar-refractivity contribution in [3.8, 4) is 26.9 Å². The molecule has 1 N–H and O–H groups in total. The molecule has 1 fully saturated rings. The molecule has 6 nitrogen and oxygen atoms in total. The summed E-state index contributed by atoms with van der Waals surface area (Å²) in [6.45, 7) is 3.48. The lowest BCUT2D eigenvalue weighted by atomic mass is 10.2. The maximum atomic E-state index is 14.1. The molecule has 3 aromatic rings. The quantitative estimate of drug-likeness (QED) is 0.538. The predicted molar refractivity (Wildman–Crippen MR) is 110 cm³/mol. The molecule has 0 unspecified atom stereocenters. The number of nitrogens with zero attached hydrogens (tertiary/aromatic N) is 3. The molecule has 4 rings (SSSR count). The summed E-state index contributed by atoms with van der Waals surface area (Å²) in [5, 5.41) is 11.6. The van der Waals surface area contributed by atoms with Gasteiger partial charge in [0.2, 0.25) is 11.7 Å². The third-order valence-electron chi connectivity index (χ3n) is 4.85. The summed E-state index contributed by atoms with van der Waals surface area (Å²) in [5.41, 5.74) is 0.799. The van der Waals surface area contributed by atoms with E-state index in [1.54, 1.807) is 17.2 Å². The first-order valence-corrected chi connectivity index (χ1v) is 11.2. The fourth-order valence-electron chi connectivity index (χ4n) is 3.28. The summed E-state index contributed by atoms with van der Waals surface area (Å²) >= 11 is 2.34. The molecule has 1 amide bonds. The first kappa shape index (κ1) is 21.7. The topological polar surface area (TPSA) is 75.5 Å². The van der Waals surface area contributed by atoms with E-state index in [4.69, 9.17) is 4.74 Å². The lowest BCUT2D eigenvalue weighted by molar-refractivity contribution is -0.135. The van der Waals surface area contributed by atoms with Crippen LogP contribution in [-0.4, -0.2) is 45.6 Å². The van der Waals surface area contributed by atoms with Crippen molar-refractivity contribution >= 4 is 28.6 Å². The minimum Gasteiger partial charge on any atom is -0.503 e. The molecule has 2 aromatic heterocycles. The Bertz CT molecular complexity index is 1130. The van der Waals surface area contributed by atoms with Crippen molar-refractivity contribution in [2.24, 2.45) is 0 Å². The number of halogens is 3. The first-order valence-electron chi connectivity index (χ1n) is 9.49. The maximum Gasteiger partial charge on any atom is 0.248 e. The van der Waals surface area contributed by atoms with E-state index in [0.29, 0.717) is 27.3 Å². The zero-order valence-electron chi connectivity index (χ0n) is 16.5. The van der Waals surface area contributed by atoms with Crippen molar-refractivity contribution in [1.29, 1.82) is 0 Å². The van der Waals surface area contributed by atoms with Crippen LogP contribution in [0.15, 0.2) is 11.4 Å². The molecule has 0 bridgehead atoms. The Morgan fingerprint density at radius 2 is 1.97 bits per heavy atom. The number of amides is 1. The summed E-state index contributed by atoms with van der Waals surface area (Å²) in [6.07, 6.45) is 2.04. The van der Waals surface area contributed by atoms with Crippen molar-refractivity contribution in [3.63, 3.8) is 0 Å². The fourth-order valence-corrected chi connectivity index (χ4v) is 5.14. The van der Waals surface area contributed by atoms with Gasteiger partial charge >= 0.3 is 0 Å². The van der Waals surface area contributed by atoms with Crippen LogP contribution in [0.4, 0.5) is 13.2 Å². The van der Waals surface area contributed by atoms with Crippen LogP contribution in [-0.2, 0) is 16.1 Å². The number of aromatic nitrogens is 2. The van der Waals surface area contributed by atoms with Gasteiger partial charge in [-0.15, -0.1) is 22.7 Å². The number of phenols is 1. The second kappa shape index (κ2) is 8.93. The highest BCUT2D eigenvalue weighted by Crippen LogP contribution is 2.37. The summed E-state index contributed by atoms with van der Waals surface area (Å²) in [4.78, 5) is 23.3. The van der Waals surface area contributed by atoms with E-state index in [9.17, 15) is 23.1 Å². The number of rotatable bonds is 6. The van der Waals surface area contributed by atoms with E-state index in [0.717, 1.165) is 37.3 Å². The Morgan fingerprint density at radius 1 is 1.23 bits per heavy atom. The lowest BCUT2D eigenvalue weighted by Crippen LogP contribution is -2.31. The van der Waals surface area contributed by atoms with Gasteiger partial charge in [0.1, 0.15) is 16.6 Å². The van der Waals surface area contributed by atoms with Crippen molar-refractivity contribution in [2.75, 3.05) is 19.7 Å². The number of carbonyl (C=O) groups excluding carboxylic acids is 1. The third-order valence-corrected chi connectivity index (χ3v) is 6.88. The van der Waals surface area contributed by atoms with Crippen molar-refractivity contribution in [1.82, 2.24) is 14.9 Å². The van der Waals surface area contributed by atoms with Crippen LogP contribution in [0, 0.1) is 24.4 Å². The van der Waals surface area contributed by atoms with Gasteiger partial charge in [-0.2, -0.15) is 4.39 Å². The fraction of sp³-hybridized carbons (Fsp3) is 0.350. The van der Waals surface area contributed by atoms with E-state index in [1.165, 1.54) is 11.3 Å². The number of aryl methyl sites for hydroxylation is 1. The molecule has 0 spiro atoms. The molecule has 31 heavy (non-hydrogen) atoms. The normalized spacial score (nSPS) is 13.9. The second-order valence-corrected chi connectivity index (χ2v) is 8.96. The van der Waals surface area contributed by atoms with Gasteiger partial charge < -0.3 is 14.7 Å². The minimum atomic E-state index is -1.65. The van der Waals surface area contributed by atoms with Gasteiger partial charge in [0.25, 0.3) is 0 Å². The molecule has 164 valence electrons. The largest absolute Gasteiger partial charge is 0.503 e. The van der Waals surface area contributed by atoms with Crippen LogP contribution >= 0.6 is 22.7 Å². The number of aromatic hydroxyl groups is 1. The molecule has 1 aliphatic rings. The molecule has 1 aliphatic heterocycles. The predicted octanol–water partition coefficient (Wildman–Crippen LogP) is 4.50. The first-order chi connectivity index (χ1) is 14.8. The van der Waals surface area contributed by atoms with Gasteiger partial charge in [0.05, 0.1) is 28.4 Å². The summed E-state index contributed by atoms with van der Waals surface area (Å²) in [5.74, 6) is -5.67. The minimum absolute atomic E-state index is 0.00787. The smallest absolute Gasteiger partial charge is 0.248 e. The molecular weight excluding hydrogens is 451 g/mol. The monoisotopic (exact) mass is 469 g/mol. The van der Waals surface area contributed by atoms with E-state index >= 15 is 0 Å². The maximum absolute atomic E-state index is 14.1. The van der Waals surface area contributed by atoms with Gasteiger partial charge in [-0.1, -0.05) is 0 Å². The number of phenolic OH excluding ortho intramolecular Hbond substituents is 1. The van der Waals surface area contributed by atoms with Crippen LogP contribution in [0.3, 0.4) is 0 Å². The Hall–Kier alpha value is -2.50. The number of thiazole rings is 2. The second-order valence-electron chi connectivity index (χ2n) is 7.02. The average Bonchev–Trinajstić information content (AvgIpc) is 3.50. The van der Waals surface area contributed by atoms with Crippen LogP contribution in [0.5, 0.6) is 5.75 Å². The zero-order chi connectivity index (χ0) is 22.1. The van der Waals surface area contributed by atoms with Crippen molar-refractivity contribution < 1.29 is 27.8 Å². The van der Waals surface area contributed by atoms with Gasteiger partial charge in [0.15, 0.2) is 17.4 Å². The highest BCUT2D eigenvalue weighted by molar-refractivity contribution is 7.16. The molecule has 1 saturated heterocycles. The standard InChI is InChI=1S/C20H18F3N3O3S2/c1-10-19(31-14(24-10)7-29-8-15(27)26-4-2-3-5-26)13-9-30-20(25-13)11-6-12(21)18(28)17(23)16(11)22/h6,9,28H,2-5,7-8H2,1H3. The van der Waals surface area contributed by atoms with E-state index in [1.807, 2.05) is 0 Å². The molecule has 0 aliphatic carbocycles. The van der Waals surface area contributed by atoms with E-state index in [-0.39, 0.29) is 29.7 Å². The molecule has 1 aromatic carbocycles. The Kier molecular flexibility index (Phi) is 6.26. The Morgan fingerprint density at radius 3 is 2.71 bits per heavy atom. The number of hydrogen-bond acceptors (Lipinski definition) is 7. The highest BCUT2D eigenvalue weighted by atomic mass is 32.1.